The summed E-state index contributed by atoms with van der Waals surface area (Å²) in [6.07, 6.45) is 3.77. The third-order valence-electron chi connectivity index (χ3n) is 4.19. The molecule has 2 aromatic rings. The molecular formula is C21H19NO5. The molecule has 27 heavy (non-hydrogen) atoms. The van der Waals surface area contributed by atoms with E-state index >= 15 is 0 Å². The number of hydrogen-bond acceptors (Lipinski definition) is 6. The van der Waals surface area contributed by atoms with Gasteiger partial charge in [0, 0.05) is 5.56 Å². The maximum atomic E-state index is 12.2. The number of benzene rings is 2. The maximum Gasteiger partial charge on any atom is 0.363 e. The van der Waals surface area contributed by atoms with Crippen LogP contribution in [0.2, 0.25) is 0 Å². The number of esters is 1. The van der Waals surface area contributed by atoms with Gasteiger partial charge in [-0.2, -0.15) is 0 Å². The number of hydrogen-bond donors (Lipinski definition) is 0. The van der Waals surface area contributed by atoms with Crippen LogP contribution in [0.3, 0.4) is 0 Å². The average molecular weight is 365 g/mol. The number of nitrogens with zero attached hydrogens (tertiary/aromatic N) is 1. The Morgan fingerprint density at radius 3 is 2.74 bits per heavy atom. The van der Waals surface area contributed by atoms with E-state index in [1.807, 2.05) is 30.3 Å². The Balaban J connectivity index is 1.51. The molecule has 0 atom stereocenters. The van der Waals surface area contributed by atoms with Crippen LogP contribution in [0.1, 0.15) is 30.9 Å². The minimum absolute atomic E-state index is 0.206. The number of fused-ring (bicyclic) bond motifs is 1. The van der Waals surface area contributed by atoms with Crippen molar-refractivity contribution in [3.05, 3.63) is 59.3 Å². The molecule has 0 aliphatic carbocycles. The molecule has 2 heterocycles. The second-order valence-electron chi connectivity index (χ2n) is 6.18. The SMILES string of the molecule is CCCCOc1ccc(C2=NC(=Cc3ccc4c(c3)OCO4)C(=O)O2)cc1. The first kappa shape index (κ1) is 17.1. The molecule has 6 nitrogen and oxygen atoms in total. The van der Waals surface area contributed by atoms with Crippen molar-refractivity contribution >= 4 is 17.9 Å². The zero-order chi connectivity index (χ0) is 18.6. The third-order valence-corrected chi connectivity index (χ3v) is 4.19. The van der Waals surface area contributed by atoms with E-state index in [1.54, 1.807) is 18.2 Å². The number of unbranched alkanes of at least 4 members (excludes halogenated alkanes) is 1. The van der Waals surface area contributed by atoms with E-state index in [-0.39, 0.29) is 18.4 Å². The van der Waals surface area contributed by atoms with Crippen molar-refractivity contribution in [2.45, 2.75) is 19.8 Å². The van der Waals surface area contributed by atoms with E-state index in [2.05, 4.69) is 11.9 Å². The highest BCUT2D eigenvalue weighted by molar-refractivity contribution is 6.12. The number of aliphatic imine (C=N–C) groups is 1. The monoisotopic (exact) mass is 365 g/mol. The Bertz CT molecular complexity index is 915. The lowest BCUT2D eigenvalue weighted by Crippen LogP contribution is -2.05. The summed E-state index contributed by atoms with van der Waals surface area (Å²) < 4.78 is 21.6. The van der Waals surface area contributed by atoms with E-state index in [4.69, 9.17) is 18.9 Å². The standard InChI is InChI=1S/C21H19NO5/c1-2-3-10-24-16-7-5-15(6-8-16)20-22-17(21(23)27-20)11-14-4-9-18-19(12-14)26-13-25-18/h4-9,11-12H,2-3,10,13H2,1H3. The van der Waals surface area contributed by atoms with E-state index in [0.29, 0.717) is 18.1 Å². The summed E-state index contributed by atoms with van der Waals surface area (Å²) in [4.78, 5) is 16.5. The summed E-state index contributed by atoms with van der Waals surface area (Å²) >= 11 is 0. The summed E-state index contributed by atoms with van der Waals surface area (Å²) in [7, 11) is 0. The van der Waals surface area contributed by atoms with Crippen LogP contribution >= 0.6 is 0 Å². The number of cyclic esters (lactones) is 1. The zero-order valence-corrected chi connectivity index (χ0v) is 14.9. The molecule has 6 heteroatoms. The second kappa shape index (κ2) is 7.53. The highest BCUT2D eigenvalue weighted by Crippen LogP contribution is 2.33. The molecular weight excluding hydrogens is 346 g/mol. The molecule has 4 rings (SSSR count). The first-order chi connectivity index (χ1) is 13.2. The molecule has 138 valence electrons. The van der Waals surface area contributed by atoms with Gasteiger partial charge in [0.2, 0.25) is 12.7 Å². The molecule has 0 fully saturated rings. The van der Waals surface area contributed by atoms with E-state index in [0.717, 1.165) is 29.7 Å². The van der Waals surface area contributed by atoms with Crippen molar-refractivity contribution in [1.29, 1.82) is 0 Å². The molecule has 2 aliphatic rings. The van der Waals surface area contributed by atoms with Gasteiger partial charge in [-0.05, 0) is 54.5 Å². The Morgan fingerprint density at radius 2 is 1.93 bits per heavy atom. The number of rotatable bonds is 6. The highest BCUT2D eigenvalue weighted by Gasteiger charge is 2.24. The maximum absolute atomic E-state index is 12.2. The normalized spacial score (nSPS) is 16.4. The lowest BCUT2D eigenvalue weighted by Gasteiger charge is -2.05. The first-order valence-electron chi connectivity index (χ1n) is 8.88. The molecule has 0 saturated carbocycles. The number of ether oxygens (including phenoxy) is 4. The van der Waals surface area contributed by atoms with Crippen molar-refractivity contribution in [3.8, 4) is 17.2 Å². The van der Waals surface area contributed by atoms with Gasteiger partial charge in [-0.1, -0.05) is 19.4 Å². The van der Waals surface area contributed by atoms with Crippen LogP contribution in [-0.4, -0.2) is 25.3 Å². The van der Waals surface area contributed by atoms with Gasteiger partial charge < -0.3 is 18.9 Å². The largest absolute Gasteiger partial charge is 0.494 e. The van der Waals surface area contributed by atoms with Crippen LogP contribution in [0.5, 0.6) is 17.2 Å². The topological polar surface area (TPSA) is 66.3 Å². The first-order valence-corrected chi connectivity index (χ1v) is 8.88. The second-order valence-corrected chi connectivity index (χ2v) is 6.18. The Morgan fingerprint density at radius 1 is 1.11 bits per heavy atom. The van der Waals surface area contributed by atoms with Gasteiger partial charge in [0.1, 0.15) is 5.75 Å². The van der Waals surface area contributed by atoms with Gasteiger partial charge >= 0.3 is 5.97 Å². The predicted molar refractivity (Wildman–Crippen MR) is 100 cm³/mol. The van der Waals surface area contributed by atoms with Crippen molar-refractivity contribution < 1.29 is 23.7 Å². The Hall–Kier alpha value is -3.28. The molecule has 0 bridgehead atoms. The molecule has 0 amide bonds. The number of carbonyl (C=O) groups is 1. The van der Waals surface area contributed by atoms with Gasteiger partial charge in [-0.25, -0.2) is 9.79 Å². The van der Waals surface area contributed by atoms with Gasteiger partial charge in [0.15, 0.2) is 17.2 Å². The minimum Gasteiger partial charge on any atom is -0.494 e. The lowest BCUT2D eigenvalue weighted by atomic mass is 10.1. The fourth-order valence-corrected chi connectivity index (χ4v) is 2.72. The van der Waals surface area contributed by atoms with Crippen LogP contribution in [0, 0.1) is 0 Å². The van der Waals surface area contributed by atoms with E-state index in [9.17, 15) is 4.79 Å². The van der Waals surface area contributed by atoms with Crippen molar-refractivity contribution in [1.82, 2.24) is 0 Å². The van der Waals surface area contributed by atoms with Crippen LogP contribution in [0.25, 0.3) is 6.08 Å². The van der Waals surface area contributed by atoms with Crippen LogP contribution in [0.15, 0.2) is 53.2 Å². The predicted octanol–water partition coefficient (Wildman–Crippen LogP) is 3.94. The molecule has 0 aromatic heterocycles. The van der Waals surface area contributed by atoms with Crippen molar-refractivity contribution in [2.24, 2.45) is 4.99 Å². The molecule has 0 unspecified atom stereocenters. The van der Waals surface area contributed by atoms with Crippen LogP contribution in [-0.2, 0) is 9.53 Å². The number of carbonyl (C=O) groups excluding carboxylic acids is 1. The van der Waals surface area contributed by atoms with Gasteiger partial charge in [-0.3, -0.25) is 0 Å². The fourth-order valence-electron chi connectivity index (χ4n) is 2.72. The van der Waals surface area contributed by atoms with E-state index < -0.39 is 5.97 Å². The lowest BCUT2D eigenvalue weighted by molar-refractivity contribution is -0.129. The van der Waals surface area contributed by atoms with Crippen LogP contribution < -0.4 is 14.2 Å². The van der Waals surface area contributed by atoms with Gasteiger partial charge in [0.25, 0.3) is 0 Å². The Labute approximate surface area is 157 Å². The smallest absolute Gasteiger partial charge is 0.363 e. The summed E-state index contributed by atoms with van der Waals surface area (Å²) in [6.45, 7) is 3.01. The quantitative estimate of drug-likeness (QED) is 0.441. The summed E-state index contributed by atoms with van der Waals surface area (Å²) in [6, 6.07) is 12.8. The molecule has 0 saturated heterocycles. The van der Waals surface area contributed by atoms with E-state index in [1.165, 1.54) is 0 Å². The fraction of sp³-hybridized carbons (Fsp3) is 0.238. The average Bonchev–Trinajstić information content (AvgIpc) is 3.29. The molecule has 0 spiro atoms. The van der Waals surface area contributed by atoms with Crippen molar-refractivity contribution in [3.63, 3.8) is 0 Å². The summed E-state index contributed by atoms with van der Waals surface area (Å²) in [5.74, 6) is 1.93. The molecule has 2 aliphatic heterocycles. The van der Waals surface area contributed by atoms with Crippen molar-refractivity contribution in [2.75, 3.05) is 13.4 Å². The third kappa shape index (κ3) is 3.79. The molecule has 0 N–H and O–H groups in total. The van der Waals surface area contributed by atoms with Gasteiger partial charge in [0.05, 0.1) is 6.61 Å². The van der Waals surface area contributed by atoms with Gasteiger partial charge in [-0.15, -0.1) is 0 Å². The zero-order valence-electron chi connectivity index (χ0n) is 14.9. The molecule has 0 radical (unpaired) electrons. The minimum atomic E-state index is -0.481. The summed E-state index contributed by atoms with van der Waals surface area (Å²) in [5, 5.41) is 0. The van der Waals surface area contributed by atoms with Crippen LogP contribution in [0.4, 0.5) is 0 Å². The highest BCUT2D eigenvalue weighted by atomic mass is 16.7. The molecule has 2 aromatic carbocycles. The summed E-state index contributed by atoms with van der Waals surface area (Å²) in [5.41, 5.74) is 1.75. The Kier molecular flexibility index (Phi) is 4.78.